The van der Waals surface area contributed by atoms with Gasteiger partial charge in [0.2, 0.25) is 0 Å². The fourth-order valence-corrected chi connectivity index (χ4v) is 4.05. The van der Waals surface area contributed by atoms with Crippen molar-refractivity contribution in [2.75, 3.05) is 7.11 Å². The van der Waals surface area contributed by atoms with Gasteiger partial charge in [0, 0.05) is 7.11 Å². The molecule has 0 radical (unpaired) electrons. The van der Waals surface area contributed by atoms with Crippen molar-refractivity contribution in [3.8, 4) is 0 Å². The second kappa shape index (κ2) is 10.1. The maximum absolute atomic E-state index is 9.31. The van der Waals surface area contributed by atoms with E-state index in [4.69, 9.17) is 5.11 Å². The summed E-state index contributed by atoms with van der Waals surface area (Å²) in [7, 11) is 1.00. The van der Waals surface area contributed by atoms with E-state index in [1.54, 1.807) is 0 Å². The summed E-state index contributed by atoms with van der Waals surface area (Å²) in [5.41, 5.74) is 0.989. The van der Waals surface area contributed by atoms with Crippen LogP contribution >= 0.6 is 0 Å². The molecule has 0 fully saturated rings. The Bertz CT molecular complexity index is 1380. The number of aliphatic hydroxyl groups excluding tert-OH is 2. The molecule has 2 nitrogen and oxygen atoms in total. The van der Waals surface area contributed by atoms with E-state index < -0.39 is 0 Å². The summed E-state index contributed by atoms with van der Waals surface area (Å²) < 4.78 is 0. The van der Waals surface area contributed by atoms with E-state index >= 15 is 0 Å². The summed E-state index contributed by atoms with van der Waals surface area (Å²) in [5, 5.41) is 26.3. The van der Waals surface area contributed by atoms with E-state index in [1.807, 2.05) is 24.3 Å². The van der Waals surface area contributed by atoms with Gasteiger partial charge in [0.25, 0.3) is 0 Å². The van der Waals surface area contributed by atoms with E-state index in [-0.39, 0.29) is 6.61 Å². The maximum atomic E-state index is 9.31. The molecule has 0 aromatic heterocycles. The van der Waals surface area contributed by atoms with Crippen LogP contribution in [0.3, 0.4) is 0 Å². The standard InChI is InChI=1S/C15H12O.C14H10.CH4O/c16-10-14-7-3-6-13-8-11-4-1-2-5-12(11)9-15(13)14;1-2-6-12-10-14-8-4-3-7-13(14)9-11(12)5-1;1-2/h1-9,16H,10H2;1-10H;2H,1H3. The molecule has 6 rings (SSSR count). The van der Waals surface area contributed by atoms with Crippen LogP contribution in [0.2, 0.25) is 0 Å². The molecule has 158 valence electrons. The van der Waals surface area contributed by atoms with Crippen molar-refractivity contribution in [3.05, 3.63) is 121 Å². The van der Waals surface area contributed by atoms with Crippen LogP contribution in [0.1, 0.15) is 5.56 Å². The highest BCUT2D eigenvalue weighted by Gasteiger charge is 2.01. The lowest BCUT2D eigenvalue weighted by Gasteiger charge is -2.05. The summed E-state index contributed by atoms with van der Waals surface area (Å²) in [6.45, 7) is 0.0929. The minimum Gasteiger partial charge on any atom is -0.400 e. The molecule has 0 aliphatic heterocycles. The molecule has 2 heteroatoms. The van der Waals surface area contributed by atoms with Gasteiger partial charge in [-0.3, -0.25) is 0 Å². The normalized spacial score (nSPS) is 10.5. The molecule has 0 bridgehead atoms. The first kappa shape index (κ1) is 21.5. The summed E-state index contributed by atoms with van der Waals surface area (Å²) in [6.07, 6.45) is 0. The van der Waals surface area contributed by atoms with Crippen LogP contribution in [-0.4, -0.2) is 17.3 Å². The van der Waals surface area contributed by atoms with Crippen LogP contribution in [-0.2, 0) is 6.61 Å². The van der Waals surface area contributed by atoms with Gasteiger partial charge >= 0.3 is 0 Å². The molecule has 0 saturated carbocycles. The Balaban J connectivity index is 0.000000143. The molecular formula is C30H26O2. The highest BCUT2D eigenvalue weighted by Crippen LogP contribution is 2.25. The lowest BCUT2D eigenvalue weighted by Crippen LogP contribution is -1.85. The lowest BCUT2D eigenvalue weighted by molar-refractivity contribution is 0.283. The molecule has 6 aromatic carbocycles. The van der Waals surface area contributed by atoms with Crippen LogP contribution in [0.15, 0.2) is 115 Å². The fourth-order valence-electron chi connectivity index (χ4n) is 4.05. The third-order valence-electron chi connectivity index (χ3n) is 5.62. The number of hydrogen-bond donors (Lipinski definition) is 2. The van der Waals surface area contributed by atoms with E-state index in [0.29, 0.717) is 0 Å². The van der Waals surface area contributed by atoms with Gasteiger partial charge in [-0.15, -0.1) is 0 Å². The second-order valence-corrected chi connectivity index (χ2v) is 7.54. The molecule has 0 unspecified atom stereocenters. The Hall–Kier alpha value is -3.72. The van der Waals surface area contributed by atoms with Gasteiger partial charge in [0.05, 0.1) is 6.61 Å². The minimum absolute atomic E-state index is 0.0929. The summed E-state index contributed by atoms with van der Waals surface area (Å²) in [5.74, 6) is 0. The van der Waals surface area contributed by atoms with Crippen LogP contribution in [0, 0.1) is 0 Å². The van der Waals surface area contributed by atoms with Crippen molar-refractivity contribution in [2.45, 2.75) is 6.61 Å². The Morgan fingerprint density at radius 2 is 0.781 bits per heavy atom. The summed E-state index contributed by atoms with van der Waals surface area (Å²) in [6, 6.07) is 40.1. The number of benzene rings is 6. The van der Waals surface area contributed by atoms with Crippen LogP contribution < -0.4 is 0 Å². The van der Waals surface area contributed by atoms with Crippen molar-refractivity contribution in [3.63, 3.8) is 0 Å². The van der Waals surface area contributed by atoms with Crippen molar-refractivity contribution in [1.82, 2.24) is 0 Å². The topological polar surface area (TPSA) is 40.5 Å². The highest BCUT2D eigenvalue weighted by molar-refractivity contribution is 6.00. The first-order chi connectivity index (χ1) is 15.8. The molecular weight excluding hydrogens is 392 g/mol. The molecule has 0 aliphatic carbocycles. The second-order valence-electron chi connectivity index (χ2n) is 7.54. The fraction of sp³-hybridized carbons (Fsp3) is 0.0667. The average molecular weight is 419 g/mol. The van der Waals surface area contributed by atoms with E-state index in [9.17, 15) is 5.11 Å². The Morgan fingerprint density at radius 3 is 1.19 bits per heavy atom. The zero-order valence-electron chi connectivity index (χ0n) is 18.1. The van der Waals surface area contributed by atoms with Crippen LogP contribution in [0.5, 0.6) is 0 Å². The quantitative estimate of drug-likeness (QED) is 0.280. The molecule has 0 atom stereocenters. The zero-order chi connectivity index (χ0) is 22.3. The number of aliphatic hydroxyl groups is 2. The molecule has 0 amide bonds. The highest BCUT2D eigenvalue weighted by atomic mass is 16.3. The lowest BCUT2D eigenvalue weighted by atomic mass is 10.0. The van der Waals surface area contributed by atoms with Crippen molar-refractivity contribution in [2.24, 2.45) is 0 Å². The first-order valence-electron chi connectivity index (χ1n) is 10.7. The van der Waals surface area contributed by atoms with E-state index in [1.165, 1.54) is 37.7 Å². The zero-order valence-corrected chi connectivity index (χ0v) is 18.1. The Labute approximate surface area is 188 Å². The molecule has 0 aliphatic rings. The Morgan fingerprint density at radius 1 is 0.438 bits per heavy atom. The van der Waals surface area contributed by atoms with Gasteiger partial charge in [0.1, 0.15) is 0 Å². The molecule has 6 aromatic rings. The average Bonchev–Trinajstić information content (AvgIpc) is 2.87. The molecule has 0 spiro atoms. The van der Waals surface area contributed by atoms with Crippen LogP contribution in [0.4, 0.5) is 0 Å². The predicted octanol–water partition coefficient (Wildman–Crippen LogP) is 7.09. The minimum atomic E-state index is 0.0929. The summed E-state index contributed by atoms with van der Waals surface area (Å²) in [4.78, 5) is 0. The summed E-state index contributed by atoms with van der Waals surface area (Å²) >= 11 is 0. The van der Waals surface area contributed by atoms with Gasteiger partial charge in [-0.25, -0.2) is 0 Å². The number of rotatable bonds is 1. The third-order valence-corrected chi connectivity index (χ3v) is 5.62. The van der Waals surface area contributed by atoms with E-state index in [0.717, 1.165) is 18.1 Å². The first-order valence-corrected chi connectivity index (χ1v) is 10.7. The smallest absolute Gasteiger partial charge is 0.0687 e. The molecule has 2 N–H and O–H groups in total. The SMILES string of the molecule is CO.OCc1cccc2cc3ccccc3cc12.c1ccc2cc3ccccc3cc2c1. The van der Waals surface area contributed by atoms with Crippen molar-refractivity contribution < 1.29 is 10.2 Å². The van der Waals surface area contributed by atoms with E-state index in [2.05, 4.69) is 91.0 Å². The maximum Gasteiger partial charge on any atom is 0.0687 e. The Kier molecular flexibility index (Phi) is 6.76. The number of hydrogen-bond acceptors (Lipinski definition) is 2. The van der Waals surface area contributed by atoms with Crippen LogP contribution in [0.25, 0.3) is 43.1 Å². The monoisotopic (exact) mass is 418 g/mol. The van der Waals surface area contributed by atoms with Crippen molar-refractivity contribution in [1.29, 1.82) is 0 Å². The van der Waals surface area contributed by atoms with Gasteiger partial charge in [0.15, 0.2) is 0 Å². The number of fused-ring (bicyclic) bond motifs is 4. The molecule has 32 heavy (non-hydrogen) atoms. The van der Waals surface area contributed by atoms with Crippen molar-refractivity contribution >= 4 is 43.1 Å². The molecule has 0 saturated heterocycles. The van der Waals surface area contributed by atoms with Gasteiger partial charge in [-0.05, 0) is 72.9 Å². The van der Waals surface area contributed by atoms with Gasteiger partial charge in [-0.2, -0.15) is 0 Å². The van der Waals surface area contributed by atoms with Gasteiger partial charge < -0.3 is 10.2 Å². The van der Waals surface area contributed by atoms with Gasteiger partial charge in [-0.1, -0.05) is 91.0 Å². The molecule has 0 heterocycles. The largest absolute Gasteiger partial charge is 0.400 e. The third kappa shape index (κ3) is 4.47. The predicted molar refractivity (Wildman–Crippen MR) is 137 cm³/mol.